The fourth-order valence-corrected chi connectivity index (χ4v) is 4.08. The number of halogens is 1. The third-order valence-corrected chi connectivity index (χ3v) is 6.14. The largest absolute Gasteiger partial charge is 0.350 e. The molecule has 0 radical (unpaired) electrons. The van der Waals surface area contributed by atoms with Crippen molar-refractivity contribution >= 4 is 27.7 Å². The van der Waals surface area contributed by atoms with Crippen LogP contribution < -0.4 is 16.2 Å². The third-order valence-electron chi connectivity index (χ3n) is 6.14. The molecule has 0 spiro atoms. The van der Waals surface area contributed by atoms with E-state index in [2.05, 4.69) is 24.5 Å². The maximum atomic E-state index is 13.5. The molecule has 0 saturated carbocycles. The summed E-state index contributed by atoms with van der Waals surface area (Å²) < 4.78 is 14.9. The lowest BCUT2D eigenvalue weighted by atomic mass is 10.1. The van der Waals surface area contributed by atoms with Gasteiger partial charge in [0.25, 0.3) is 11.5 Å². The number of benzene rings is 2. The van der Waals surface area contributed by atoms with E-state index in [0.29, 0.717) is 34.6 Å². The average Bonchev–Trinajstić information content (AvgIpc) is 2.83. The van der Waals surface area contributed by atoms with Crippen LogP contribution in [0.5, 0.6) is 0 Å². The van der Waals surface area contributed by atoms with Crippen molar-refractivity contribution in [1.29, 1.82) is 0 Å². The monoisotopic (exact) mass is 474 g/mol. The normalized spacial score (nSPS) is 12.4. The summed E-state index contributed by atoms with van der Waals surface area (Å²) in [6.07, 6.45) is 2.56. The summed E-state index contributed by atoms with van der Waals surface area (Å²) in [7, 11) is 0. The molecule has 35 heavy (non-hydrogen) atoms. The Kier molecular flexibility index (Phi) is 7.26. The predicted octanol–water partition coefficient (Wildman–Crippen LogP) is 4.74. The van der Waals surface area contributed by atoms with Crippen LogP contribution in [0, 0.1) is 18.7 Å². The molecule has 0 bridgehead atoms. The number of carbonyl (C=O) groups excluding carboxylic acids is 1. The Morgan fingerprint density at radius 1 is 1.09 bits per heavy atom. The number of nitrogens with one attached hydrogen (secondary N) is 2. The van der Waals surface area contributed by atoms with E-state index in [1.807, 2.05) is 32.0 Å². The van der Waals surface area contributed by atoms with Gasteiger partial charge < -0.3 is 10.6 Å². The maximum Gasteiger partial charge on any atom is 0.264 e. The van der Waals surface area contributed by atoms with E-state index in [9.17, 15) is 14.0 Å². The van der Waals surface area contributed by atoms with Gasteiger partial charge in [-0.3, -0.25) is 14.2 Å². The third kappa shape index (κ3) is 5.41. The zero-order chi connectivity index (χ0) is 25.1. The van der Waals surface area contributed by atoms with E-state index in [4.69, 9.17) is 4.98 Å². The number of aromatic nitrogens is 2. The van der Waals surface area contributed by atoms with Crippen molar-refractivity contribution in [2.24, 2.45) is 5.92 Å². The number of rotatable bonds is 8. The molecule has 0 saturated heterocycles. The van der Waals surface area contributed by atoms with Crippen molar-refractivity contribution in [3.8, 4) is 5.69 Å². The second kappa shape index (κ2) is 10.4. The molecule has 4 aromatic rings. The van der Waals surface area contributed by atoms with Crippen molar-refractivity contribution in [2.75, 3.05) is 13.1 Å². The molecule has 2 aromatic carbocycles. The van der Waals surface area contributed by atoms with E-state index in [0.717, 1.165) is 29.4 Å². The summed E-state index contributed by atoms with van der Waals surface area (Å²) in [4.78, 5) is 31.6. The minimum absolute atomic E-state index is 0.0861. The van der Waals surface area contributed by atoms with Crippen molar-refractivity contribution < 1.29 is 9.18 Å². The maximum absolute atomic E-state index is 13.5. The predicted molar refractivity (Wildman–Crippen MR) is 139 cm³/mol. The highest BCUT2D eigenvalue weighted by Crippen LogP contribution is 2.23. The molecule has 0 aliphatic rings. The number of aryl methyl sites for hydroxylation is 1. The van der Waals surface area contributed by atoms with Crippen LogP contribution in [0.3, 0.4) is 0 Å². The number of hydrogen-bond donors (Lipinski definition) is 2. The summed E-state index contributed by atoms with van der Waals surface area (Å²) in [6, 6.07) is 13.2. The van der Waals surface area contributed by atoms with Crippen molar-refractivity contribution in [1.82, 2.24) is 20.2 Å². The van der Waals surface area contributed by atoms with Gasteiger partial charge in [0.15, 0.2) is 0 Å². The van der Waals surface area contributed by atoms with Crippen LogP contribution in [0.1, 0.15) is 43.1 Å². The van der Waals surface area contributed by atoms with Gasteiger partial charge >= 0.3 is 0 Å². The molecule has 0 aliphatic heterocycles. The molecule has 2 aromatic heterocycles. The first-order chi connectivity index (χ1) is 16.7. The minimum Gasteiger partial charge on any atom is -0.350 e. The van der Waals surface area contributed by atoms with Crippen LogP contribution in [0.15, 0.2) is 59.5 Å². The zero-order valence-corrected chi connectivity index (χ0v) is 20.6. The van der Waals surface area contributed by atoms with Crippen LogP contribution in [-0.4, -0.2) is 34.6 Å². The highest BCUT2D eigenvalue weighted by molar-refractivity contribution is 6.07. The van der Waals surface area contributed by atoms with Gasteiger partial charge in [0.2, 0.25) is 0 Å². The highest BCUT2D eigenvalue weighted by atomic mass is 19.1. The van der Waals surface area contributed by atoms with E-state index in [1.54, 1.807) is 6.07 Å². The fourth-order valence-electron chi connectivity index (χ4n) is 4.08. The highest BCUT2D eigenvalue weighted by Gasteiger charge is 2.19. The lowest BCUT2D eigenvalue weighted by Crippen LogP contribution is -2.40. The number of fused-ring (bicyclic) bond motifs is 2. The number of pyridine rings is 2. The fraction of sp³-hybridized carbons (Fsp3) is 0.321. The molecule has 182 valence electrons. The molecular formula is C28H31FN4O2. The molecule has 1 atom stereocenters. The molecule has 1 unspecified atom stereocenters. The molecular weight excluding hydrogens is 443 g/mol. The second-order valence-corrected chi connectivity index (χ2v) is 9.47. The molecule has 0 aliphatic carbocycles. The Balaban J connectivity index is 1.77. The van der Waals surface area contributed by atoms with Crippen molar-refractivity contribution in [2.45, 2.75) is 40.2 Å². The molecule has 2 N–H and O–H groups in total. The summed E-state index contributed by atoms with van der Waals surface area (Å²) in [5.74, 6) is -0.112. The van der Waals surface area contributed by atoms with E-state index in [-0.39, 0.29) is 17.5 Å². The summed E-state index contributed by atoms with van der Waals surface area (Å²) >= 11 is 0. The van der Waals surface area contributed by atoms with Crippen LogP contribution in [-0.2, 0) is 0 Å². The number of hydrogen-bond acceptors (Lipinski definition) is 4. The van der Waals surface area contributed by atoms with Gasteiger partial charge in [-0.05, 0) is 68.6 Å². The van der Waals surface area contributed by atoms with Crippen LogP contribution in [0.25, 0.3) is 27.5 Å². The molecule has 4 rings (SSSR count). The van der Waals surface area contributed by atoms with Gasteiger partial charge in [-0.1, -0.05) is 32.0 Å². The van der Waals surface area contributed by atoms with Gasteiger partial charge in [-0.15, -0.1) is 0 Å². The first kappa shape index (κ1) is 24.5. The van der Waals surface area contributed by atoms with Gasteiger partial charge in [-0.25, -0.2) is 9.37 Å². The van der Waals surface area contributed by atoms with E-state index < -0.39 is 5.82 Å². The van der Waals surface area contributed by atoms with Crippen LogP contribution in [0.2, 0.25) is 0 Å². The lowest BCUT2D eigenvalue weighted by molar-refractivity contribution is 0.0951. The molecule has 0 fully saturated rings. The Morgan fingerprint density at radius 3 is 2.54 bits per heavy atom. The summed E-state index contributed by atoms with van der Waals surface area (Å²) in [5.41, 5.74) is 2.51. The topological polar surface area (TPSA) is 76.0 Å². The molecule has 7 heteroatoms. The number of nitrogens with zero attached hydrogens (tertiary/aromatic N) is 2. The van der Waals surface area contributed by atoms with Gasteiger partial charge in [0.05, 0.1) is 22.0 Å². The second-order valence-electron chi connectivity index (χ2n) is 9.47. The number of para-hydroxylation sites is 1. The Morgan fingerprint density at radius 2 is 1.83 bits per heavy atom. The lowest BCUT2D eigenvalue weighted by Gasteiger charge is -2.17. The standard InChI is InChI=1S/C28H31FN4O2/c1-17(2)12-13-30-19(4)15-31-27(34)24-16-33(22-10-8-21(29)9-11-22)28(35)23-14-20-7-5-6-18(3)25(20)32-26(23)24/h5-11,14,16-17,19,30H,12-13,15H2,1-4H3,(H,31,34). The first-order valence-corrected chi connectivity index (χ1v) is 12.0. The zero-order valence-electron chi connectivity index (χ0n) is 20.6. The van der Waals surface area contributed by atoms with E-state index >= 15 is 0 Å². The van der Waals surface area contributed by atoms with Gasteiger partial charge in [-0.2, -0.15) is 0 Å². The van der Waals surface area contributed by atoms with Crippen molar-refractivity contribution in [3.05, 3.63) is 82.0 Å². The smallest absolute Gasteiger partial charge is 0.264 e. The van der Waals surface area contributed by atoms with E-state index in [1.165, 1.54) is 35.0 Å². The average molecular weight is 475 g/mol. The van der Waals surface area contributed by atoms with Crippen molar-refractivity contribution in [3.63, 3.8) is 0 Å². The minimum atomic E-state index is -0.400. The summed E-state index contributed by atoms with van der Waals surface area (Å²) in [6.45, 7) is 9.63. The Labute approximate surface area is 204 Å². The molecule has 2 heterocycles. The number of amides is 1. The Hall–Kier alpha value is -3.58. The summed E-state index contributed by atoms with van der Waals surface area (Å²) in [5, 5.41) is 7.56. The first-order valence-electron chi connectivity index (χ1n) is 12.0. The SMILES string of the molecule is Cc1cccc2cc3c(=O)n(-c4ccc(F)cc4)cc(C(=O)NCC(C)NCCC(C)C)c3nc12. The van der Waals surface area contributed by atoms with Gasteiger partial charge in [0, 0.05) is 29.9 Å². The number of carbonyl (C=O) groups is 1. The Bertz CT molecular complexity index is 1430. The van der Waals surface area contributed by atoms with Crippen LogP contribution >= 0.6 is 0 Å². The quantitative estimate of drug-likeness (QED) is 0.362. The molecule has 1 amide bonds. The molecule has 6 nitrogen and oxygen atoms in total. The van der Waals surface area contributed by atoms with Crippen LogP contribution in [0.4, 0.5) is 4.39 Å². The van der Waals surface area contributed by atoms with Gasteiger partial charge in [0.1, 0.15) is 5.82 Å².